The van der Waals surface area contributed by atoms with Crippen LogP contribution in [-0.4, -0.2) is 55.6 Å². The van der Waals surface area contributed by atoms with Crippen LogP contribution in [0.2, 0.25) is 0 Å². The summed E-state index contributed by atoms with van der Waals surface area (Å²) in [5, 5.41) is 0. The van der Waals surface area contributed by atoms with Gasteiger partial charge in [0.25, 0.3) is 0 Å². The highest BCUT2D eigenvalue weighted by atomic mass is 15.2. The van der Waals surface area contributed by atoms with Crippen LogP contribution in [0.15, 0.2) is 0 Å². The van der Waals surface area contributed by atoms with Crippen molar-refractivity contribution < 1.29 is 0 Å². The van der Waals surface area contributed by atoms with Crippen LogP contribution in [0.5, 0.6) is 0 Å². The van der Waals surface area contributed by atoms with Crippen molar-refractivity contribution in [3.63, 3.8) is 0 Å². The molecule has 3 unspecified atom stereocenters. The molecule has 17 heavy (non-hydrogen) atoms. The molecule has 100 valence electrons. The van der Waals surface area contributed by atoms with E-state index in [2.05, 4.69) is 23.9 Å². The molecule has 1 aliphatic carbocycles. The number of hydrogen-bond acceptors (Lipinski definition) is 3. The summed E-state index contributed by atoms with van der Waals surface area (Å²) < 4.78 is 0. The second kappa shape index (κ2) is 6.17. The lowest BCUT2D eigenvalue weighted by Gasteiger charge is -2.35. The van der Waals surface area contributed by atoms with E-state index in [4.69, 9.17) is 5.73 Å². The van der Waals surface area contributed by atoms with E-state index in [1.165, 1.54) is 51.6 Å². The minimum atomic E-state index is 0.751. The zero-order chi connectivity index (χ0) is 12.3. The van der Waals surface area contributed by atoms with Gasteiger partial charge in [-0.2, -0.15) is 0 Å². The molecule has 2 N–H and O–H groups in total. The van der Waals surface area contributed by atoms with Gasteiger partial charge in [0.05, 0.1) is 0 Å². The van der Waals surface area contributed by atoms with Gasteiger partial charge in [-0.25, -0.2) is 0 Å². The second-order valence-electron chi connectivity index (χ2n) is 6.05. The van der Waals surface area contributed by atoms with Gasteiger partial charge in [-0.3, -0.25) is 0 Å². The fourth-order valence-electron chi connectivity index (χ4n) is 3.73. The molecule has 0 radical (unpaired) electrons. The number of hydrogen-bond donors (Lipinski definition) is 1. The summed E-state index contributed by atoms with van der Waals surface area (Å²) in [7, 11) is 4.59. The van der Waals surface area contributed by atoms with Crippen molar-refractivity contribution in [1.29, 1.82) is 0 Å². The van der Waals surface area contributed by atoms with E-state index >= 15 is 0 Å². The standard InChI is InChI=1S/C14H29N3/c1-16-9-4-6-13(8-10-16)17(2)14-7-3-5-12(14)11-15/h12-14H,3-11,15H2,1-2H3. The highest BCUT2D eigenvalue weighted by Gasteiger charge is 2.32. The number of likely N-dealkylation sites (tertiary alicyclic amines) is 1. The van der Waals surface area contributed by atoms with E-state index in [0.29, 0.717) is 0 Å². The molecule has 3 nitrogen and oxygen atoms in total. The highest BCUT2D eigenvalue weighted by molar-refractivity contribution is 4.88. The van der Waals surface area contributed by atoms with E-state index in [1.54, 1.807) is 0 Å². The van der Waals surface area contributed by atoms with Crippen molar-refractivity contribution in [3.05, 3.63) is 0 Å². The average molecular weight is 239 g/mol. The summed E-state index contributed by atoms with van der Waals surface area (Å²) in [5.74, 6) is 0.751. The Morgan fingerprint density at radius 2 is 1.94 bits per heavy atom. The van der Waals surface area contributed by atoms with Crippen LogP contribution in [0.1, 0.15) is 38.5 Å². The van der Waals surface area contributed by atoms with Crippen LogP contribution in [0, 0.1) is 5.92 Å². The summed E-state index contributed by atoms with van der Waals surface area (Å²) in [6.45, 7) is 3.41. The monoisotopic (exact) mass is 239 g/mol. The molecule has 0 amide bonds. The Hall–Kier alpha value is -0.120. The van der Waals surface area contributed by atoms with Gasteiger partial charge in [-0.1, -0.05) is 6.42 Å². The van der Waals surface area contributed by atoms with Gasteiger partial charge in [-0.05, 0) is 71.8 Å². The van der Waals surface area contributed by atoms with E-state index in [-0.39, 0.29) is 0 Å². The Kier molecular flexibility index (Phi) is 4.83. The van der Waals surface area contributed by atoms with Crippen LogP contribution in [-0.2, 0) is 0 Å². The van der Waals surface area contributed by atoms with E-state index in [9.17, 15) is 0 Å². The maximum Gasteiger partial charge on any atom is 0.0135 e. The first-order valence-corrected chi connectivity index (χ1v) is 7.33. The quantitative estimate of drug-likeness (QED) is 0.811. The van der Waals surface area contributed by atoms with Crippen molar-refractivity contribution >= 4 is 0 Å². The third-order valence-electron chi connectivity index (χ3n) is 4.94. The van der Waals surface area contributed by atoms with Crippen molar-refractivity contribution in [2.24, 2.45) is 11.7 Å². The molecule has 2 aliphatic rings. The SMILES string of the molecule is CN1CCCC(N(C)C2CCCC2CN)CC1. The Balaban J connectivity index is 1.91. The third kappa shape index (κ3) is 3.21. The second-order valence-corrected chi connectivity index (χ2v) is 6.05. The topological polar surface area (TPSA) is 32.5 Å². The molecule has 0 bridgehead atoms. The van der Waals surface area contributed by atoms with E-state index < -0.39 is 0 Å². The molecular weight excluding hydrogens is 210 g/mol. The smallest absolute Gasteiger partial charge is 0.0135 e. The Labute approximate surface area is 106 Å². The fraction of sp³-hybridized carbons (Fsp3) is 1.00. The van der Waals surface area contributed by atoms with E-state index in [0.717, 1.165) is 24.5 Å². The minimum absolute atomic E-state index is 0.751. The molecule has 0 aromatic rings. The number of rotatable bonds is 3. The predicted octanol–water partition coefficient (Wildman–Crippen LogP) is 1.53. The van der Waals surface area contributed by atoms with Crippen molar-refractivity contribution in [3.8, 4) is 0 Å². The lowest BCUT2D eigenvalue weighted by Crippen LogP contribution is -2.44. The molecule has 2 rings (SSSR count). The van der Waals surface area contributed by atoms with Crippen LogP contribution in [0.3, 0.4) is 0 Å². The van der Waals surface area contributed by atoms with Crippen molar-refractivity contribution in [2.45, 2.75) is 50.6 Å². The average Bonchev–Trinajstić information content (AvgIpc) is 2.70. The lowest BCUT2D eigenvalue weighted by molar-refractivity contribution is 0.130. The van der Waals surface area contributed by atoms with Gasteiger partial charge in [-0.15, -0.1) is 0 Å². The molecule has 1 heterocycles. The summed E-state index contributed by atoms with van der Waals surface area (Å²) in [4.78, 5) is 5.15. The summed E-state index contributed by atoms with van der Waals surface area (Å²) in [6.07, 6.45) is 8.15. The van der Waals surface area contributed by atoms with Crippen LogP contribution >= 0.6 is 0 Å². The first-order chi connectivity index (χ1) is 8.22. The highest BCUT2D eigenvalue weighted by Crippen LogP contribution is 2.31. The minimum Gasteiger partial charge on any atom is -0.330 e. The zero-order valence-corrected chi connectivity index (χ0v) is 11.6. The molecule has 1 saturated carbocycles. The van der Waals surface area contributed by atoms with Gasteiger partial charge in [0.15, 0.2) is 0 Å². The van der Waals surface area contributed by atoms with Crippen LogP contribution < -0.4 is 5.73 Å². The molecule has 0 spiro atoms. The molecule has 1 saturated heterocycles. The molecule has 3 atom stereocenters. The molecule has 2 fully saturated rings. The first-order valence-electron chi connectivity index (χ1n) is 7.33. The van der Waals surface area contributed by atoms with Gasteiger partial charge >= 0.3 is 0 Å². The van der Waals surface area contributed by atoms with E-state index in [1.807, 2.05) is 0 Å². The third-order valence-corrected chi connectivity index (χ3v) is 4.94. The van der Waals surface area contributed by atoms with Gasteiger partial charge in [0.1, 0.15) is 0 Å². The maximum absolute atomic E-state index is 5.91. The number of nitrogens with two attached hydrogens (primary N) is 1. The van der Waals surface area contributed by atoms with Crippen LogP contribution in [0.25, 0.3) is 0 Å². The largest absolute Gasteiger partial charge is 0.330 e. The molecule has 1 aliphatic heterocycles. The summed E-state index contributed by atoms with van der Waals surface area (Å²) >= 11 is 0. The van der Waals surface area contributed by atoms with Crippen molar-refractivity contribution in [2.75, 3.05) is 33.7 Å². The molecule has 0 aromatic heterocycles. The van der Waals surface area contributed by atoms with Gasteiger partial charge < -0.3 is 15.5 Å². The van der Waals surface area contributed by atoms with Gasteiger partial charge in [0, 0.05) is 12.1 Å². The summed E-state index contributed by atoms with van der Waals surface area (Å²) in [5.41, 5.74) is 5.91. The normalized spacial score (nSPS) is 36.4. The Morgan fingerprint density at radius 3 is 2.71 bits per heavy atom. The number of nitrogens with zero attached hydrogens (tertiary/aromatic N) is 2. The van der Waals surface area contributed by atoms with Crippen molar-refractivity contribution in [1.82, 2.24) is 9.80 Å². The lowest BCUT2D eigenvalue weighted by atomic mass is 9.98. The predicted molar refractivity (Wildman–Crippen MR) is 73.1 cm³/mol. The van der Waals surface area contributed by atoms with Gasteiger partial charge in [0.2, 0.25) is 0 Å². The first kappa shape index (κ1) is 13.3. The maximum atomic E-state index is 5.91. The summed E-state index contributed by atoms with van der Waals surface area (Å²) in [6, 6.07) is 1.55. The Bertz CT molecular complexity index is 232. The van der Waals surface area contributed by atoms with Crippen LogP contribution in [0.4, 0.5) is 0 Å². The molecular formula is C14H29N3. The Morgan fingerprint density at radius 1 is 1.12 bits per heavy atom. The zero-order valence-electron chi connectivity index (χ0n) is 11.6. The molecule has 3 heteroatoms. The fourth-order valence-corrected chi connectivity index (χ4v) is 3.73. The molecule has 0 aromatic carbocycles.